The Balaban J connectivity index is 3.14. The lowest BCUT2D eigenvalue weighted by atomic mass is 10.3. The molecule has 1 heterocycles. The highest BCUT2D eigenvalue weighted by molar-refractivity contribution is 5.88. The van der Waals surface area contributed by atoms with Crippen molar-refractivity contribution in [2.24, 2.45) is 0 Å². The number of hydrogen-bond donors (Lipinski definition) is 2. The summed E-state index contributed by atoms with van der Waals surface area (Å²) in [6.45, 7) is -2.17. The van der Waals surface area contributed by atoms with E-state index < -0.39 is 25.3 Å². The number of hydrogen-bond acceptors (Lipinski definition) is 6. The van der Waals surface area contributed by atoms with Crippen molar-refractivity contribution in [2.75, 3.05) is 37.4 Å². The van der Waals surface area contributed by atoms with Crippen molar-refractivity contribution < 1.29 is 27.8 Å². The summed E-state index contributed by atoms with van der Waals surface area (Å²) in [5.74, 6) is -1.01. The van der Waals surface area contributed by atoms with Gasteiger partial charge in [0.1, 0.15) is 6.54 Å². The summed E-state index contributed by atoms with van der Waals surface area (Å²) in [6.07, 6.45) is -4.50. The molecule has 0 aliphatic rings. The lowest BCUT2D eigenvalue weighted by molar-refractivity contribution is -0.119. The highest BCUT2D eigenvalue weighted by Gasteiger charge is 2.32. The number of methoxy groups -OCH3 is 1. The van der Waals surface area contributed by atoms with Gasteiger partial charge in [0.15, 0.2) is 11.5 Å². The maximum Gasteiger partial charge on any atom is 0.405 e. The number of esters is 1. The van der Waals surface area contributed by atoms with Gasteiger partial charge in [0, 0.05) is 6.54 Å². The average molecular weight is 293 g/mol. The molecule has 0 amide bonds. The number of nitrogens with two attached hydrogens (primary N) is 1. The predicted molar refractivity (Wildman–Crippen MR) is 65.3 cm³/mol. The number of aliphatic hydroxyl groups excluding tert-OH is 1. The van der Waals surface area contributed by atoms with E-state index in [1.165, 1.54) is 12.1 Å². The molecule has 0 radical (unpaired) electrons. The van der Waals surface area contributed by atoms with Gasteiger partial charge in [0.2, 0.25) is 0 Å². The molecule has 0 aliphatic heterocycles. The van der Waals surface area contributed by atoms with E-state index in [4.69, 9.17) is 10.8 Å². The first kappa shape index (κ1) is 16.0. The Bertz CT molecular complexity index is 480. The number of nitrogens with zero attached hydrogens (tertiary/aromatic N) is 2. The van der Waals surface area contributed by atoms with Crippen molar-refractivity contribution >= 4 is 17.5 Å². The zero-order valence-corrected chi connectivity index (χ0v) is 10.6. The molecule has 0 spiro atoms. The van der Waals surface area contributed by atoms with Crippen molar-refractivity contribution in [3.8, 4) is 0 Å². The van der Waals surface area contributed by atoms with Crippen LogP contribution in [0.15, 0.2) is 12.1 Å². The Morgan fingerprint density at radius 2 is 2.15 bits per heavy atom. The first-order chi connectivity index (χ1) is 9.28. The fourth-order valence-corrected chi connectivity index (χ4v) is 1.53. The molecule has 1 aromatic heterocycles. The number of ether oxygens (including phenoxy) is 1. The molecule has 0 bridgehead atoms. The minimum atomic E-state index is -4.50. The van der Waals surface area contributed by atoms with Gasteiger partial charge in [0.25, 0.3) is 0 Å². The van der Waals surface area contributed by atoms with E-state index in [0.717, 1.165) is 12.0 Å². The van der Waals surface area contributed by atoms with Crippen LogP contribution in [0.2, 0.25) is 0 Å². The van der Waals surface area contributed by atoms with Gasteiger partial charge in [-0.2, -0.15) is 13.2 Å². The second-order valence-electron chi connectivity index (χ2n) is 3.86. The quantitative estimate of drug-likeness (QED) is 0.781. The van der Waals surface area contributed by atoms with Crippen molar-refractivity contribution in [1.29, 1.82) is 0 Å². The van der Waals surface area contributed by atoms with Crippen LogP contribution in [0, 0.1) is 0 Å². The van der Waals surface area contributed by atoms with Crippen LogP contribution in [0.4, 0.5) is 24.7 Å². The van der Waals surface area contributed by atoms with Crippen LogP contribution in [0.25, 0.3) is 0 Å². The smallest absolute Gasteiger partial charge is 0.405 e. The maximum atomic E-state index is 12.5. The van der Waals surface area contributed by atoms with Crippen LogP contribution in [-0.2, 0) is 4.74 Å². The van der Waals surface area contributed by atoms with Crippen LogP contribution in [0.1, 0.15) is 10.5 Å². The van der Waals surface area contributed by atoms with E-state index >= 15 is 0 Å². The molecule has 1 aromatic rings. The van der Waals surface area contributed by atoms with Crippen LogP contribution >= 0.6 is 0 Å². The normalized spacial score (nSPS) is 11.2. The summed E-state index contributed by atoms with van der Waals surface area (Å²) >= 11 is 0. The fraction of sp³-hybridized carbons (Fsp3) is 0.455. The van der Waals surface area contributed by atoms with E-state index in [9.17, 15) is 18.0 Å². The standard InChI is InChI=1S/C11H14F3N3O3/c1-20-10(19)8-3-2-7(15)9(16-8)17(4-5-18)6-11(12,13)14/h2-3,18H,4-6,15H2,1H3. The molecule has 9 heteroatoms. The molecule has 0 unspecified atom stereocenters. The van der Waals surface area contributed by atoms with Gasteiger partial charge in [-0.1, -0.05) is 0 Å². The molecule has 0 saturated carbocycles. The number of rotatable bonds is 5. The Labute approximate surface area is 113 Å². The summed E-state index contributed by atoms with van der Waals surface area (Å²) in [7, 11) is 1.13. The highest BCUT2D eigenvalue weighted by atomic mass is 19.4. The third-order valence-corrected chi connectivity index (χ3v) is 2.34. The SMILES string of the molecule is COC(=O)c1ccc(N)c(N(CCO)CC(F)(F)F)n1. The van der Waals surface area contributed by atoms with Gasteiger partial charge in [0.05, 0.1) is 19.4 Å². The van der Waals surface area contributed by atoms with Gasteiger partial charge in [-0.15, -0.1) is 0 Å². The molecule has 6 nitrogen and oxygen atoms in total. The molecular formula is C11H14F3N3O3. The summed E-state index contributed by atoms with van der Waals surface area (Å²) in [6, 6.07) is 2.50. The Morgan fingerprint density at radius 1 is 1.50 bits per heavy atom. The lowest BCUT2D eigenvalue weighted by Gasteiger charge is -2.25. The first-order valence-electron chi connectivity index (χ1n) is 5.56. The van der Waals surface area contributed by atoms with E-state index in [1.54, 1.807) is 0 Å². The number of nitrogen functional groups attached to an aromatic ring is 1. The van der Waals surface area contributed by atoms with Gasteiger partial charge in [-0.05, 0) is 12.1 Å². The van der Waals surface area contributed by atoms with Gasteiger partial charge in [-0.3, -0.25) is 0 Å². The Hall–Kier alpha value is -2.03. The van der Waals surface area contributed by atoms with E-state index in [2.05, 4.69) is 9.72 Å². The van der Waals surface area contributed by atoms with Crippen molar-refractivity contribution in [1.82, 2.24) is 4.98 Å². The molecule has 20 heavy (non-hydrogen) atoms. The molecule has 0 aliphatic carbocycles. The molecule has 0 aromatic carbocycles. The molecule has 0 saturated heterocycles. The van der Waals surface area contributed by atoms with Crippen LogP contribution < -0.4 is 10.6 Å². The second kappa shape index (κ2) is 6.42. The number of carbonyl (C=O) groups excluding carboxylic acids is 1. The zero-order chi connectivity index (χ0) is 15.3. The number of alkyl halides is 3. The second-order valence-corrected chi connectivity index (χ2v) is 3.86. The number of carbonyl (C=O) groups is 1. The zero-order valence-electron chi connectivity index (χ0n) is 10.6. The molecule has 0 atom stereocenters. The minimum absolute atomic E-state index is 0.0321. The lowest BCUT2D eigenvalue weighted by Crippen LogP contribution is -2.37. The van der Waals surface area contributed by atoms with E-state index in [0.29, 0.717) is 0 Å². The largest absolute Gasteiger partial charge is 0.464 e. The third-order valence-electron chi connectivity index (χ3n) is 2.34. The summed E-state index contributed by atoms with van der Waals surface area (Å²) < 4.78 is 41.9. The van der Waals surface area contributed by atoms with Crippen LogP contribution in [0.5, 0.6) is 0 Å². The molecule has 112 valence electrons. The number of anilines is 2. The minimum Gasteiger partial charge on any atom is -0.464 e. The number of pyridine rings is 1. The summed E-state index contributed by atoms with van der Waals surface area (Å²) in [5.41, 5.74) is 5.38. The molecule has 3 N–H and O–H groups in total. The first-order valence-corrected chi connectivity index (χ1v) is 5.56. The molecule has 0 fully saturated rings. The number of aromatic nitrogens is 1. The van der Waals surface area contributed by atoms with E-state index in [1.807, 2.05) is 0 Å². The van der Waals surface area contributed by atoms with Crippen molar-refractivity contribution in [3.63, 3.8) is 0 Å². The Kier molecular flexibility index (Phi) is 5.14. The van der Waals surface area contributed by atoms with Crippen molar-refractivity contribution in [2.45, 2.75) is 6.18 Å². The maximum absolute atomic E-state index is 12.5. The highest BCUT2D eigenvalue weighted by Crippen LogP contribution is 2.25. The van der Waals surface area contributed by atoms with Gasteiger partial charge >= 0.3 is 12.1 Å². The van der Waals surface area contributed by atoms with Gasteiger partial charge in [-0.25, -0.2) is 9.78 Å². The molecular weight excluding hydrogens is 279 g/mol. The predicted octanol–water partition coefficient (Wildman–Crippen LogP) is 0.811. The number of halogens is 3. The monoisotopic (exact) mass is 293 g/mol. The Morgan fingerprint density at radius 3 is 2.65 bits per heavy atom. The molecule has 1 rings (SSSR count). The van der Waals surface area contributed by atoms with Gasteiger partial charge < -0.3 is 20.5 Å². The average Bonchev–Trinajstić information content (AvgIpc) is 2.36. The fourth-order valence-electron chi connectivity index (χ4n) is 1.53. The third kappa shape index (κ3) is 4.26. The van der Waals surface area contributed by atoms with E-state index in [-0.39, 0.29) is 23.7 Å². The summed E-state index contributed by atoms with van der Waals surface area (Å²) in [4.78, 5) is 15.8. The van der Waals surface area contributed by atoms with Crippen LogP contribution in [0.3, 0.4) is 0 Å². The topological polar surface area (TPSA) is 88.7 Å². The number of aliphatic hydroxyl groups is 1. The van der Waals surface area contributed by atoms with Crippen molar-refractivity contribution in [3.05, 3.63) is 17.8 Å². The summed E-state index contributed by atoms with van der Waals surface area (Å²) in [5, 5.41) is 8.84. The van der Waals surface area contributed by atoms with Crippen LogP contribution in [-0.4, -0.2) is 49.0 Å².